The standard InChI is InChI=1S/C19H20N4O2/c1-12-21-16-9-7-14(11-17(16)22-12)19(25)23-15-6-4-3-5-13(15)8-10-18(24)20-2/h3-7,9,11H,8,10H2,1-2H3,(H,20,24)(H,21,22)(H,23,25). The van der Waals surface area contributed by atoms with E-state index < -0.39 is 0 Å². The number of carbonyl (C=O) groups is 2. The van der Waals surface area contributed by atoms with Gasteiger partial charge in [-0.25, -0.2) is 4.98 Å². The number of nitrogens with zero attached hydrogens (tertiary/aromatic N) is 1. The first-order valence-corrected chi connectivity index (χ1v) is 8.13. The lowest BCUT2D eigenvalue weighted by Gasteiger charge is -2.11. The number of aryl methyl sites for hydroxylation is 2. The topological polar surface area (TPSA) is 86.9 Å². The Kier molecular flexibility index (Phi) is 4.79. The Hall–Kier alpha value is -3.15. The molecule has 0 spiro atoms. The number of hydrogen-bond acceptors (Lipinski definition) is 3. The van der Waals surface area contributed by atoms with Gasteiger partial charge in [0.05, 0.1) is 11.0 Å². The molecule has 0 saturated carbocycles. The Labute approximate surface area is 145 Å². The molecule has 3 N–H and O–H groups in total. The zero-order chi connectivity index (χ0) is 17.8. The molecule has 0 unspecified atom stereocenters. The average Bonchev–Trinajstić information content (AvgIpc) is 2.99. The molecular formula is C19H20N4O2. The third-order valence-electron chi connectivity index (χ3n) is 4.03. The third kappa shape index (κ3) is 3.85. The van der Waals surface area contributed by atoms with Crippen LogP contribution in [0.3, 0.4) is 0 Å². The van der Waals surface area contributed by atoms with E-state index in [0.717, 1.165) is 28.1 Å². The van der Waals surface area contributed by atoms with Crippen molar-refractivity contribution >= 4 is 28.5 Å². The Morgan fingerprint density at radius 3 is 2.76 bits per heavy atom. The number of imidazole rings is 1. The average molecular weight is 336 g/mol. The van der Waals surface area contributed by atoms with E-state index in [1.165, 1.54) is 0 Å². The van der Waals surface area contributed by atoms with E-state index in [0.29, 0.717) is 18.4 Å². The van der Waals surface area contributed by atoms with Gasteiger partial charge in [-0.15, -0.1) is 0 Å². The lowest BCUT2D eigenvalue weighted by molar-refractivity contribution is -0.120. The summed E-state index contributed by atoms with van der Waals surface area (Å²) in [7, 11) is 1.61. The van der Waals surface area contributed by atoms with Gasteiger partial charge in [-0.1, -0.05) is 18.2 Å². The predicted octanol–water partition coefficient (Wildman–Crippen LogP) is 2.80. The first kappa shape index (κ1) is 16.7. The molecule has 0 bridgehead atoms. The molecule has 128 valence electrons. The number of para-hydroxylation sites is 1. The highest BCUT2D eigenvalue weighted by Crippen LogP contribution is 2.19. The number of H-pyrrole nitrogens is 1. The zero-order valence-electron chi connectivity index (χ0n) is 14.2. The minimum absolute atomic E-state index is 0.0267. The summed E-state index contributed by atoms with van der Waals surface area (Å²) >= 11 is 0. The normalized spacial score (nSPS) is 10.6. The number of rotatable bonds is 5. The van der Waals surface area contributed by atoms with E-state index in [9.17, 15) is 9.59 Å². The van der Waals surface area contributed by atoms with Gasteiger partial charge in [0.1, 0.15) is 5.82 Å². The summed E-state index contributed by atoms with van der Waals surface area (Å²) in [6.45, 7) is 1.88. The Morgan fingerprint density at radius 2 is 1.96 bits per heavy atom. The molecule has 2 amide bonds. The number of carbonyl (C=O) groups excluding carboxylic acids is 2. The second-order valence-electron chi connectivity index (χ2n) is 5.84. The van der Waals surface area contributed by atoms with Gasteiger partial charge in [-0.3, -0.25) is 9.59 Å². The molecule has 0 radical (unpaired) electrons. The molecule has 1 heterocycles. The predicted molar refractivity (Wildman–Crippen MR) is 97.6 cm³/mol. The molecule has 0 fully saturated rings. The van der Waals surface area contributed by atoms with E-state index in [4.69, 9.17) is 0 Å². The Morgan fingerprint density at radius 1 is 1.16 bits per heavy atom. The second-order valence-corrected chi connectivity index (χ2v) is 5.84. The Balaban J connectivity index is 1.78. The lowest BCUT2D eigenvalue weighted by Crippen LogP contribution is -2.18. The third-order valence-corrected chi connectivity index (χ3v) is 4.03. The van der Waals surface area contributed by atoms with Crippen molar-refractivity contribution in [1.29, 1.82) is 0 Å². The van der Waals surface area contributed by atoms with Gasteiger partial charge >= 0.3 is 0 Å². The molecule has 1 aromatic heterocycles. The molecule has 2 aromatic carbocycles. The van der Waals surface area contributed by atoms with Crippen molar-refractivity contribution in [2.75, 3.05) is 12.4 Å². The number of anilines is 1. The van der Waals surface area contributed by atoms with Gasteiger partial charge in [0.25, 0.3) is 5.91 Å². The highest BCUT2D eigenvalue weighted by Gasteiger charge is 2.11. The summed E-state index contributed by atoms with van der Waals surface area (Å²) in [5, 5.41) is 5.54. The number of hydrogen-bond donors (Lipinski definition) is 3. The largest absolute Gasteiger partial charge is 0.359 e. The number of fused-ring (bicyclic) bond motifs is 1. The molecule has 6 heteroatoms. The molecule has 0 aliphatic carbocycles. The van der Waals surface area contributed by atoms with Crippen LogP contribution in [0.1, 0.15) is 28.2 Å². The molecule has 0 aliphatic rings. The van der Waals surface area contributed by atoms with Crippen LogP contribution < -0.4 is 10.6 Å². The van der Waals surface area contributed by atoms with Crippen LogP contribution in [0.4, 0.5) is 5.69 Å². The van der Waals surface area contributed by atoms with Crippen molar-refractivity contribution < 1.29 is 9.59 Å². The van der Waals surface area contributed by atoms with Crippen molar-refractivity contribution in [2.45, 2.75) is 19.8 Å². The number of benzene rings is 2. The zero-order valence-corrected chi connectivity index (χ0v) is 14.2. The quantitative estimate of drug-likeness (QED) is 0.669. The molecule has 3 rings (SSSR count). The molecule has 25 heavy (non-hydrogen) atoms. The van der Waals surface area contributed by atoms with Crippen LogP contribution in [0.25, 0.3) is 11.0 Å². The van der Waals surface area contributed by atoms with Crippen molar-refractivity contribution in [2.24, 2.45) is 0 Å². The van der Waals surface area contributed by atoms with Crippen molar-refractivity contribution in [3.8, 4) is 0 Å². The van der Waals surface area contributed by atoms with E-state index in [2.05, 4.69) is 20.6 Å². The fraction of sp³-hybridized carbons (Fsp3) is 0.211. The number of aromatic nitrogens is 2. The SMILES string of the molecule is CNC(=O)CCc1ccccc1NC(=O)c1ccc2nc(C)[nH]c2c1. The summed E-state index contributed by atoms with van der Waals surface area (Å²) in [5.41, 5.74) is 3.87. The van der Waals surface area contributed by atoms with E-state index in [1.54, 1.807) is 19.2 Å². The van der Waals surface area contributed by atoms with Crippen molar-refractivity contribution in [1.82, 2.24) is 15.3 Å². The van der Waals surface area contributed by atoms with Gasteiger partial charge in [0.15, 0.2) is 0 Å². The minimum Gasteiger partial charge on any atom is -0.359 e. The molecule has 0 atom stereocenters. The highest BCUT2D eigenvalue weighted by atomic mass is 16.2. The van der Waals surface area contributed by atoms with E-state index >= 15 is 0 Å². The van der Waals surface area contributed by atoms with Crippen LogP contribution in [-0.4, -0.2) is 28.8 Å². The monoisotopic (exact) mass is 336 g/mol. The maximum atomic E-state index is 12.6. The molecular weight excluding hydrogens is 316 g/mol. The molecule has 6 nitrogen and oxygen atoms in total. The summed E-state index contributed by atoms with van der Waals surface area (Å²) in [6.07, 6.45) is 0.942. The van der Waals surface area contributed by atoms with Crippen LogP contribution in [-0.2, 0) is 11.2 Å². The first-order valence-electron chi connectivity index (χ1n) is 8.13. The fourth-order valence-corrected chi connectivity index (χ4v) is 2.71. The number of aromatic amines is 1. The molecule has 0 aliphatic heterocycles. The van der Waals surface area contributed by atoms with E-state index in [-0.39, 0.29) is 11.8 Å². The molecule has 3 aromatic rings. The van der Waals surface area contributed by atoms with Crippen molar-refractivity contribution in [3.05, 3.63) is 59.4 Å². The maximum absolute atomic E-state index is 12.6. The summed E-state index contributed by atoms with van der Waals surface area (Å²) in [6, 6.07) is 12.9. The van der Waals surface area contributed by atoms with E-state index in [1.807, 2.05) is 37.3 Å². The summed E-state index contributed by atoms with van der Waals surface area (Å²) in [4.78, 5) is 31.5. The van der Waals surface area contributed by atoms with Gasteiger partial charge in [0, 0.05) is 24.7 Å². The van der Waals surface area contributed by atoms with Crippen molar-refractivity contribution in [3.63, 3.8) is 0 Å². The highest BCUT2D eigenvalue weighted by molar-refractivity contribution is 6.06. The summed E-state index contributed by atoms with van der Waals surface area (Å²) in [5.74, 6) is 0.592. The Bertz CT molecular complexity index is 930. The second kappa shape index (κ2) is 7.17. The van der Waals surface area contributed by atoms with Gasteiger partial charge in [0.2, 0.25) is 5.91 Å². The van der Waals surface area contributed by atoms with Crippen LogP contribution in [0.2, 0.25) is 0 Å². The smallest absolute Gasteiger partial charge is 0.255 e. The minimum atomic E-state index is -0.193. The van der Waals surface area contributed by atoms with Crippen LogP contribution in [0.15, 0.2) is 42.5 Å². The van der Waals surface area contributed by atoms with Gasteiger partial charge in [-0.2, -0.15) is 0 Å². The van der Waals surface area contributed by atoms with Crippen LogP contribution in [0, 0.1) is 6.92 Å². The van der Waals surface area contributed by atoms with Crippen LogP contribution >= 0.6 is 0 Å². The lowest BCUT2D eigenvalue weighted by atomic mass is 10.1. The van der Waals surface area contributed by atoms with Gasteiger partial charge in [-0.05, 0) is 43.2 Å². The maximum Gasteiger partial charge on any atom is 0.255 e. The summed E-state index contributed by atoms with van der Waals surface area (Å²) < 4.78 is 0. The fourth-order valence-electron chi connectivity index (χ4n) is 2.71. The van der Waals surface area contributed by atoms with Gasteiger partial charge < -0.3 is 15.6 Å². The number of nitrogens with one attached hydrogen (secondary N) is 3. The van der Waals surface area contributed by atoms with Crippen LogP contribution in [0.5, 0.6) is 0 Å². The number of amides is 2. The molecule has 0 saturated heterocycles. The first-order chi connectivity index (χ1) is 12.1.